The Hall–Kier alpha value is -0.270. The topological polar surface area (TPSA) is 86.5 Å². The van der Waals surface area contributed by atoms with Gasteiger partial charge in [0, 0.05) is 5.75 Å². The lowest BCUT2D eigenvalue weighted by atomic mass is 10.2. The van der Waals surface area contributed by atoms with Crippen molar-refractivity contribution < 1.29 is 17.9 Å². The third-order valence-corrected chi connectivity index (χ3v) is 6.48. The van der Waals surface area contributed by atoms with E-state index in [2.05, 4.69) is 0 Å². The maximum absolute atomic E-state index is 11.8. The lowest BCUT2D eigenvalue weighted by molar-refractivity contribution is -0.144. The number of hydrogen-bond acceptors (Lipinski definition) is 6. The van der Waals surface area contributed by atoms with E-state index in [9.17, 15) is 13.2 Å². The van der Waals surface area contributed by atoms with Crippen LogP contribution < -0.4 is 5.73 Å². The van der Waals surface area contributed by atoms with Crippen LogP contribution in [0.2, 0.25) is 0 Å². The van der Waals surface area contributed by atoms with Gasteiger partial charge in [-0.3, -0.25) is 4.79 Å². The predicted octanol–water partition coefficient (Wildman–Crippen LogP) is 1.21. The molecule has 0 aromatic carbocycles. The second-order valence-electron chi connectivity index (χ2n) is 5.19. The third kappa shape index (κ3) is 7.17. The fraction of sp³-hybridized carbons (Fsp3) is 0.917. The standard InChI is InChI=1S/C12H25NO4S2/c1-5-17-11(14)10(13)6-7-18-8-9-19(15,16)12(2,3)4/h10H,5-9,13H2,1-4H3. The predicted molar refractivity (Wildman–Crippen MR) is 80.1 cm³/mol. The number of rotatable bonds is 8. The molecule has 0 spiro atoms. The van der Waals surface area contributed by atoms with Crippen molar-refractivity contribution in [3.63, 3.8) is 0 Å². The zero-order valence-corrected chi connectivity index (χ0v) is 13.8. The summed E-state index contributed by atoms with van der Waals surface area (Å²) in [6, 6.07) is -0.619. The Kier molecular flexibility index (Phi) is 8.00. The number of nitrogens with two attached hydrogens (primary N) is 1. The zero-order valence-electron chi connectivity index (χ0n) is 12.1. The highest BCUT2D eigenvalue weighted by Gasteiger charge is 2.28. The van der Waals surface area contributed by atoms with Crippen LogP contribution in [0.15, 0.2) is 0 Å². The van der Waals surface area contributed by atoms with Crippen molar-refractivity contribution in [1.29, 1.82) is 0 Å². The SMILES string of the molecule is CCOC(=O)C(N)CCSCCS(=O)(=O)C(C)(C)C. The molecule has 0 saturated carbocycles. The van der Waals surface area contributed by atoms with Crippen LogP contribution in [-0.2, 0) is 19.4 Å². The first-order valence-electron chi connectivity index (χ1n) is 6.34. The van der Waals surface area contributed by atoms with Gasteiger partial charge in [-0.25, -0.2) is 8.42 Å². The summed E-state index contributed by atoms with van der Waals surface area (Å²) in [4.78, 5) is 11.2. The van der Waals surface area contributed by atoms with Crippen molar-refractivity contribution in [2.24, 2.45) is 5.73 Å². The van der Waals surface area contributed by atoms with E-state index in [0.717, 1.165) is 0 Å². The molecule has 1 unspecified atom stereocenters. The summed E-state index contributed by atoms with van der Waals surface area (Å²) in [6.45, 7) is 7.15. The summed E-state index contributed by atoms with van der Waals surface area (Å²) in [6.07, 6.45) is 0.499. The van der Waals surface area contributed by atoms with E-state index < -0.39 is 26.6 Å². The smallest absolute Gasteiger partial charge is 0.322 e. The van der Waals surface area contributed by atoms with Crippen molar-refractivity contribution in [1.82, 2.24) is 0 Å². The maximum Gasteiger partial charge on any atom is 0.322 e. The highest BCUT2D eigenvalue weighted by molar-refractivity contribution is 8.00. The average molecular weight is 311 g/mol. The molecule has 0 saturated heterocycles. The number of esters is 1. The molecule has 0 bridgehead atoms. The average Bonchev–Trinajstić information content (AvgIpc) is 2.26. The molecule has 114 valence electrons. The van der Waals surface area contributed by atoms with Crippen molar-refractivity contribution in [3.05, 3.63) is 0 Å². The number of thioether (sulfide) groups is 1. The van der Waals surface area contributed by atoms with Crippen LogP contribution in [-0.4, -0.2) is 49.0 Å². The van der Waals surface area contributed by atoms with Gasteiger partial charge in [0.05, 0.1) is 17.1 Å². The van der Waals surface area contributed by atoms with Gasteiger partial charge in [0.15, 0.2) is 9.84 Å². The molecule has 2 N–H and O–H groups in total. The summed E-state index contributed by atoms with van der Waals surface area (Å²) in [5.74, 6) is 0.926. The van der Waals surface area contributed by atoms with Crippen LogP contribution in [0.4, 0.5) is 0 Å². The van der Waals surface area contributed by atoms with E-state index >= 15 is 0 Å². The minimum atomic E-state index is -3.07. The van der Waals surface area contributed by atoms with Gasteiger partial charge in [0.2, 0.25) is 0 Å². The first kappa shape index (κ1) is 18.7. The monoisotopic (exact) mass is 311 g/mol. The Bertz CT molecular complexity index is 374. The molecule has 19 heavy (non-hydrogen) atoms. The lowest BCUT2D eigenvalue weighted by Crippen LogP contribution is -2.33. The molecule has 0 fully saturated rings. The van der Waals surface area contributed by atoms with Crippen molar-refractivity contribution in [3.8, 4) is 0 Å². The number of hydrogen-bond donors (Lipinski definition) is 1. The van der Waals surface area contributed by atoms with Gasteiger partial charge in [-0.05, 0) is 39.9 Å². The van der Waals surface area contributed by atoms with Crippen LogP contribution in [0.5, 0.6) is 0 Å². The number of carbonyl (C=O) groups excluding carboxylic acids is 1. The number of sulfone groups is 1. The number of carbonyl (C=O) groups is 1. The molecule has 0 aliphatic heterocycles. The molecule has 1 atom stereocenters. The van der Waals surface area contributed by atoms with Gasteiger partial charge < -0.3 is 10.5 Å². The molecule has 0 amide bonds. The second kappa shape index (κ2) is 8.11. The largest absolute Gasteiger partial charge is 0.465 e. The van der Waals surface area contributed by atoms with Crippen LogP contribution >= 0.6 is 11.8 Å². The minimum absolute atomic E-state index is 0.149. The van der Waals surface area contributed by atoms with Crippen LogP contribution in [0.1, 0.15) is 34.1 Å². The van der Waals surface area contributed by atoms with Gasteiger partial charge in [0.1, 0.15) is 6.04 Å². The normalized spacial score (nSPS) is 14.2. The number of ether oxygens (including phenoxy) is 1. The van der Waals surface area contributed by atoms with Crippen molar-refractivity contribution in [2.75, 3.05) is 23.9 Å². The molecule has 0 radical (unpaired) electrons. The van der Waals surface area contributed by atoms with Crippen LogP contribution in [0.3, 0.4) is 0 Å². The van der Waals surface area contributed by atoms with Gasteiger partial charge in [-0.15, -0.1) is 0 Å². The first-order valence-corrected chi connectivity index (χ1v) is 9.14. The summed E-state index contributed by atoms with van der Waals surface area (Å²) in [7, 11) is -3.07. The highest BCUT2D eigenvalue weighted by atomic mass is 32.2. The molecule has 7 heteroatoms. The van der Waals surface area contributed by atoms with Crippen molar-refractivity contribution >= 4 is 27.6 Å². The first-order chi connectivity index (χ1) is 8.62. The van der Waals surface area contributed by atoms with E-state index in [4.69, 9.17) is 10.5 Å². The molecule has 0 aromatic heterocycles. The van der Waals surface area contributed by atoms with E-state index in [-0.39, 0.29) is 5.75 Å². The third-order valence-electron chi connectivity index (χ3n) is 2.59. The maximum atomic E-state index is 11.8. The molecule has 5 nitrogen and oxygen atoms in total. The summed E-state index contributed by atoms with van der Waals surface area (Å²) in [5.41, 5.74) is 5.63. The Balaban J connectivity index is 3.86. The van der Waals surface area contributed by atoms with E-state index in [1.54, 1.807) is 27.7 Å². The Morgan fingerprint density at radius 1 is 1.32 bits per heavy atom. The van der Waals surface area contributed by atoms with Crippen molar-refractivity contribution in [2.45, 2.75) is 44.9 Å². The molecular weight excluding hydrogens is 286 g/mol. The Labute approximate surface area is 120 Å². The summed E-state index contributed by atoms with van der Waals surface area (Å²) in [5, 5.41) is 0. The molecule has 0 aliphatic carbocycles. The second-order valence-corrected chi connectivity index (χ2v) is 9.28. The summed E-state index contributed by atoms with van der Waals surface area (Å²) >= 11 is 1.49. The molecule has 0 heterocycles. The molecule has 0 aromatic rings. The summed E-state index contributed by atoms with van der Waals surface area (Å²) < 4.78 is 27.7. The van der Waals surface area contributed by atoms with Crippen LogP contribution in [0.25, 0.3) is 0 Å². The fourth-order valence-corrected chi connectivity index (χ4v) is 3.74. The van der Waals surface area contributed by atoms with Gasteiger partial charge in [0.25, 0.3) is 0 Å². The zero-order chi connectivity index (χ0) is 15.1. The lowest BCUT2D eigenvalue weighted by Gasteiger charge is -2.18. The molecule has 0 rings (SSSR count). The van der Waals surface area contributed by atoms with Gasteiger partial charge in [-0.1, -0.05) is 0 Å². The van der Waals surface area contributed by atoms with E-state index in [1.165, 1.54) is 11.8 Å². The Morgan fingerprint density at radius 2 is 1.89 bits per heavy atom. The van der Waals surface area contributed by atoms with E-state index in [0.29, 0.717) is 24.5 Å². The minimum Gasteiger partial charge on any atom is -0.465 e. The quantitative estimate of drug-likeness (QED) is 0.535. The molecular formula is C12H25NO4S2. The van der Waals surface area contributed by atoms with Gasteiger partial charge >= 0.3 is 5.97 Å². The molecule has 0 aliphatic rings. The Morgan fingerprint density at radius 3 is 2.37 bits per heavy atom. The van der Waals surface area contributed by atoms with E-state index in [1.807, 2.05) is 0 Å². The van der Waals surface area contributed by atoms with Gasteiger partial charge in [-0.2, -0.15) is 11.8 Å². The fourth-order valence-electron chi connectivity index (χ4n) is 1.15. The highest BCUT2D eigenvalue weighted by Crippen LogP contribution is 2.17. The van der Waals surface area contributed by atoms with Crippen LogP contribution in [0, 0.1) is 0 Å².